The third-order valence-corrected chi connectivity index (χ3v) is 3.33. The fourth-order valence-electron chi connectivity index (χ4n) is 2.13. The zero-order valence-electron chi connectivity index (χ0n) is 11.3. The van der Waals surface area contributed by atoms with Gasteiger partial charge >= 0.3 is 12.1 Å². The molecule has 1 N–H and O–H groups in total. The molecule has 110 valence electrons. The van der Waals surface area contributed by atoms with Crippen molar-refractivity contribution in [2.24, 2.45) is 0 Å². The van der Waals surface area contributed by atoms with E-state index in [4.69, 9.17) is 0 Å². The lowest BCUT2D eigenvalue weighted by Crippen LogP contribution is -2.38. The molecule has 0 atom stereocenters. The Morgan fingerprint density at radius 2 is 1.62 bits per heavy atom. The fourth-order valence-corrected chi connectivity index (χ4v) is 2.13. The summed E-state index contributed by atoms with van der Waals surface area (Å²) in [4.78, 5) is 23.3. The van der Waals surface area contributed by atoms with E-state index in [1.165, 1.54) is 6.92 Å². The normalized spacial score (nSPS) is 15.8. The Morgan fingerprint density at radius 1 is 1.05 bits per heavy atom. The summed E-state index contributed by atoms with van der Waals surface area (Å²) in [5.41, 5.74) is 1.51. The van der Waals surface area contributed by atoms with E-state index in [2.05, 4.69) is 0 Å². The molecule has 0 saturated carbocycles. The first-order chi connectivity index (χ1) is 9.73. The first-order valence-corrected chi connectivity index (χ1v) is 6.14. The largest absolute Gasteiger partial charge is 0.471 e. The Bertz CT molecular complexity index is 670. The third kappa shape index (κ3) is 2.74. The molecule has 0 spiro atoms. The summed E-state index contributed by atoms with van der Waals surface area (Å²) >= 11 is 0. The van der Waals surface area contributed by atoms with Crippen LogP contribution >= 0.6 is 0 Å². The average molecular weight is 295 g/mol. The number of allylic oxidation sites excluding steroid dienone is 3. The maximum Gasteiger partial charge on any atom is 0.471 e. The van der Waals surface area contributed by atoms with E-state index in [1.54, 1.807) is 42.6 Å². The van der Waals surface area contributed by atoms with Gasteiger partial charge in [-0.3, -0.25) is 9.59 Å². The topological polar surface area (TPSA) is 46.2 Å². The van der Waals surface area contributed by atoms with Crippen LogP contribution in [0.4, 0.5) is 13.2 Å². The van der Waals surface area contributed by atoms with Gasteiger partial charge in [0.2, 0.25) is 5.78 Å². The molecule has 1 amide bonds. The summed E-state index contributed by atoms with van der Waals surface area (Å²) < 4.78 is 36.9. The molecular weight excluding hydrogens is 283 g/mol. The second kappa shape index (κ2) is 5.20. The van der Waals surface area contributed by atoms with Crippen molar-refractivity contribution in [3.8, 4) is 0 Å². The van der Waals surface area contributed by atoms with E-state index in [1.807, 2.05) is 0 Å². The zero-order valence-corrected chi connectivity index (χ0v) is 11.3. The summed E-state index contributed by atoms with van der Waals surface area (Å²) in [5, 5.41) is 1.67. The van der Waals surface area contributed by atoms with Crippen LogP contribution in [-0.2, 0) is 9.59 Å². The quantitative estimate of drug-likeness (QED) is 0.911. The van der Waals surface area contributed by atoms with Crippen molar-refractivity contribution in [1.82, 2.24) is 5.32 Å². The molecule has 0 saturated heterocycles. The molecular formula is C15H12F3NO2. The van der Waals surface area contributed by atoms with Crippen molar-refractivity contribution < 1.29 is 22.8 Å². The van der Waals surface area contributed by atoms with Crippen molar-refractivity contribution in [1.29, 1.82) is 0 Å². The second-order valence-electron chi connectivity index (χ2n) is 4.65. The lowest BCUT2D eigenvalue weighted by Gasteiger charge is -2.09. The summed E-state index contributed by atoms with van der Waals surface area (Å²) in [7, 11) is 0. The zero-order chi connectivity index (χ0) is 15.8. The van der Waals surface area contributed by atoms with Crippen molar-refractivity contribution in [2.75, 3.05) is 0 Å². The number of alkyl halides is 3. The van der Waals surface area contributed by atoms with Gasteiger partial charge in [0.25, 0.3) is 0 Å². The summed E-state index contributed by atoms with van der Waals surface area (Å²) in [6.07, 6.45) is -5.03. The maximum atomic E-state index is 12.3. The summed E-state index contributed by atoms with van der Waals surface area (Å²) in [5.74, 6) is -2.75. The first kappa shape index (κ1) is 15.0. The Hall–Kier alpha value is -2.37. The van der Waals surface area contributed by atoms with Crippen molar-refractivity contribution in [3.05, 3.63) is 52.7 Å². The Balaban J connectivity index is 2.34. The summed E-state index contributed by atoms with van der Waals surface area (Å²) in [6.45, 7) is 3.15. The van der Waals surface area contributed by atoms with Gasteiger partial charge in [0.1, 0.15) is 0 Å². The number of amides is 1. The van der Waals surface area contributed by atoms with Crippen LogP contribution < -0.4 is 5.32 Å². The minimum Gasteiger partial charge on any atom is -0.315 e. The second-order valence-corrected chi connectivity index (χ2v) is 4.65. The Morgan fingerprint density at radius 3 is 2.14 bits per heavy atom. The number of halogens is 3. The van der Waals surface area contributed by atoms with E-state index in [0.717, 1.165) is 0 Å². The third-order valence-electron chi connectivity index (χ3n) is 3.33. The van der Waals surface area contributed by atoms with Gasteiger partial charge in [0.05, 0.1) is 5.70 Å². The molecule has 1 aromatic carbocycles. The fraction of sp³-hybridized carbons (Fsp3) is 0.200. The molecule has 0 heterocycles. The van der Waals surface area contributed by atoms with Crippen LogP contribution in [0.25, 0.3) is 5.57 Å². The van der Waals surface area contributed by atoms with Crippen LogP contribution in [-0.4, -0.2) is 17.9 Å². The van der Waals surface area contributed by atoms with Gasteiger partial charge in [-0.2, -0.15) is 13.2 Å². The number of carbonyl (C=O) groups excluding carboxylic acids is 2. The first-order valence-electron chi connectivity index (χ1n) is 6.14. The predicted octanol–water partition coefficient (Wildman–Crippen LogP) is 3.00. The van der Waals surface area contributed by atoms with Gasteiger partial charge in [0, 0.05) is 5.57 Å². The molecule has 0 unspecified atom stereocenters. The summed E-state index contributed by atoms with van der Waals surface area (Å²) in [6, 6.07) is 8.61. The highest BCUT2D eigenvalue weighted by molar-refractivity contribution is 6.33. The van der Waals surface area contributed by atoms with Crippen LogP contribution in [0, 0.1) is 0 Å². The van der Waals surface area contributed by atoms with Gasteiger partial charge in [-0.1, -0.05) is 30.3 Å². The predicted molar refractivity (Wildman–Crippen MR) is 70.9 cm³/mol. The standard InChI is InChI=1S/C15H12F3NO2/c1-8-9(2)12(19-14(21)15(16,17)18)13(20)11(8)10-6-4-3-5-7-10/h3-7H,1-2H3,(H,19,20,21). The lowest BCUT2D eigenvalue weighted by molar-refractivity contribution is -0.172. The lowest BCUT2D eigenvalue weighted by atomic mass is 10.00. The number of benzene rings is 1. The number of ketones is 1. The molecule has 0 aromatic heterocycles. The molecule has 6 heteroatoms. The SMILES string of the molecule is CC1=C(NC(=O)C(F)(F)F)C(=O)C(c2ccccc2)=C1C. The highest BCUT2D eigenvalue weighted by Crippen LogP contribution is 2.34. The van der Waals surface area contributed by atoms with Gasteiger partial charge in [0.15, 0.2) is 0 Å². The van der Waals surface area contributed by atoms with Crippen molar-refractivity contribution >= 4 is 17.3 Å². The van der Waals surface area contributed by atoms with E-state index in [-0.39, 0.29) is 5.70 Å². The van der Waals surface area contributed by atoms with Crippen molar-refractivity contribution in [3.63, 3.8) is 0 Å². The minimum absolute atomic E-state index is 0.311. The minimum atomic E-state index is -5.03. The monoisotopic (exact) mass is 295 g/mol. The van der Waals surface area contributed by atoms with Crippen molar-refractivity contribution in [2.45, 2.75) is 20.0 Å². The van der Waals surface area contributed by atoms with Crippen LogP contribution in [0.2, 0.25) is 0 Å². The average Bonchev–Trinajstić information content (AvgIpc) is 2.63. The number of rotatable bonds is 2. The molecule has 3 nitrogen and oxygen atoms in total. The molecule has 0 fully saturated rings. The number of Topliss-reactive ketones (excluding diaryl/α,β-unsaturated/α-hetero) is 1. The van der Waals surface area contributed by atoms with Crippen LogP contribution in [0.15, 0.2) is 47.2 Å². The van der Waals surface area contributed by atoms with Gasteiger partial charge in [-0.25, -0.2) is 0 Å². The number of carbonyl (C=O) groups is 2. The maximum absolute atomic E-state index is 12.3. The van der Waals surface area contributed by atoms with E-state index in [0.29, 0.717) is 22.3 Å². The molecule has 2 rings (SSSR count). The van der Waals surface area contributed by atoms with Crippen LogP contribution in [0.5, 0.6) is 0 Å². The number of hydrogen-bond donors (Lipinski definition) is 1. The molecule has 1 aromatic rings. The highest BCUT2D eigenvalue weighted by atomic mass is 19.4. The Labute approximate surface area is 119 Å². The molecule has 1 aliphatic rings. The molecule has 1 aliphatic carbocycles. The molecule has 0 aliphatic heterocycles. The van der Waals surface area contributed by atoms with Crippen LogP contribution in [0.3, 0.4) is 0 Å². The van der Waals surface area contributed by atoms with Gasteiger partial charge in [-0.05, 0) is 30.6 Å². The smallest absolute Gasteiger partial charge is 0.315 e. The molecule has 0 radical (unpaired) electrons. The number of nitrogens with one attached hydrogen (secondary N) is 1. The van der Waals surface area contributed by atoms with E-state index in [9.17, 15) is 22.8 Å². The number of hydrogen-bond acceptors (Lipinski definition) is 2. The van der Waals surface area contributed by atoms with E-state index >= 15 is 0 Å². The molecule has 21 heavy (non-hydrogen) atoms. The van der Waals surface area contributed by atoms with Gasteiger partial charge < -0.3 is 5.32 Å². The highest BCUT2D eigenvalue weighted by Gasteiger charge is 2.41. The van der Waals surface area contributed by atoms with Gasteiger partial charge in [-0.15, -0.1) is 0 Å². The van der Waals surface area contributed by atoms with Crippen LogP contribution in [0.1, 0.15) is 19.4 Å². The molecule has 0 bridgehead atoms. The van der Waals surface area contributed by atoms with E-state index < -0.39 is 17.9 Å². The Kier molecular flexibility index (Phi) is 3.72.